The van der Waals surface area contributed by atoms with Crippen molar-refractivity contribution in [3.05, 3.63) is 0 Å². The van der Waals surface area contributed by atoms with Crippen molar-refractivity contribution in [2.24, 2.45) is 17.8 Å². The minimum atomic E-state index is 0.875. The van der Waals surface area contributed by atoms with E-state index in [1.165, 1.54) is 51.4 Å². The van der Waals surface area contributed by atoms with Gasteiger partial charge in [0.2, 0.25) is 0 Å². The fourth-order valence-corrected chi connectivity index (χ4v) is 3.83. The first-order chi connectivity index (χ1) is 7.33. The van der Waals surface area contributed by atoms with Crippen molar-refractivity contribution >= 4 is 0 Å². The second kappa shape index (κ2) is 4.08. The first-order valence-electron chi connectivity index (χ1n) is 7.09. The SMILES string of the molecule is CC1CCC1NC1CC(C2CCCC2)C1. The molecule has 0 aromatic carbocycles. The largest absolute Gasteiger partial charge is 0.311 e. The second-order valence-corrected chi connectivity index (χ2v) is 6.30. The standard InChI is InChI=1S/C14H25N/c1-10-6-7-14(10)15-13-8-12(9-13)11-4-2-3-5-11/h10-15H,2-9H2,1H3. The zero-order valence-electron chi connectivity index (χ0n) is 10.0. The van der Waals surface area contributed by atoms with E-state index >= 15 is 0 Å². The van der Waals surface area contributed by atoms with Crippen LogP contribution in [-0.2, 0) is 0 Å². The Morgan fingerprint density at radius 1 is 0.867 bits per heavy atom. The quantitative estimate of drug-likeness (QED) is 0.748. The predicted octanol–water partition coefficient (Wildman–Crippen LogP) is 3.34. The van der Waals surface area contributed by atoms with Crippen molar-refractivity contribution in [1.29, 1.82) is 0 Å². The summed E-state index contributed by atoms with van der Waals surface area (Å²) in [6, 6.07) is 1.77. The van der Waals surface area contributed by atoms with Crippen molar-refractivity contribution in [3.63, 3.8) is 0 Å². The van der Waals surface area contributed by atoms with E-state index in [4.69, 9.17) is 0 Å². The van der Waals surface area contributed by atoms with Crippen LogP contribution in [0.15, 0.2) is 0 Å². The maximum absolute atomic E-state index is 3.86. The fraction of sp³-hybridized carbons (Fsp3) is 1.00. The van der Waals surface area contributed by atoms with E-state index in [9.17, 15) is 0 Å². The summed E-state index contributed by atoms with van der Waals surface area (Å²) in [4.78, 5) is 0. The number of hydrogen-bond acceptors (Lipinski definition) is 1. The molecule has 1 N–H and O–H groups in total. The molecule has 3 saturated carbocycles. The third kappa shape index (κ3) is 1.95. The Morgan fingerprint density at radius 3 is 2.13 bits per heavy atom. The Hall–Kier alpha value is -0.0400. The zero-order valence-corrected chi connectivity index (χ0v) is 10.0. The highest BCUT2D eigenvalue weighted by Crippen LogP contribution is 2.43. The summed E-state index contributed by atoms with van der Waals surface area (Å²) in [5.74, 6) is 3.16. The number of rotatable bonds is 3. The average Bonchev–Trinajstić information content (AvgIpc) is 2.66. The van der Waals surface area contributed by atoms with Crippen molar-refractivity contribution in [2.75, 3.05) is 0 Å². The predicted molar refractivity (Wildman–Crippen MR) is 63.8 cm³/mol. The van der Waals surface area contributed by atoms with Crippen LogP contribution in [0.5, 0.6) is 0 Å². The molecule has 15 heavy (non-hydrogen) atoms. The Kier molecular flexibility index (Phi) is 2.76. The van der Waals surface area contributed by atoms with E-state index in [1.54, 1.807) is 0 Å². The lowest BCUT2D eigenvalue weighted by molar-refractivity contribution is 0.108. The first kappa shape index (κ1) is 10.1. The van der Waals surface area contributed by atoms with E-state index in [0.717, 1.165) is 29.8 Å². The summed E-state index contributed by atoms with van der Waals surface area (Å²) in [6.07, 6.45) is 12.0. The highest BCUT2D eigenvalue weighted by atomic mass is 15.0. The van der Waals surface area contributed by atoms with Gasteiger partial charge in [-0.1, -0.05) is 32.6 Å². The Bertz CT molecular complexity index is 213. The lowest BCUT2D eigenvalue weighted by Gasteiger charge is -2.45. The molecule has 3 rings (SSSR count). The van der Waals surface area contributed by atoms with Gasteiger partial charge in [-0.3, -0.25) is 0 Å². The van der Waals surface area contributed by atoms with Crippen LogP contribution in [0.4, 0.5) is 0 Å². The maximum Gasteiger partial charge on any atom is 0.00954 e. The molecule has 0 aromatic heterocycles. The molecule has 0 amide bonds. The van der Waals surface area contributed by atoms with Crippen LogP contribution in [-0.4, -0.2) is 12.1 Å². The van der Waals surface area contributed by atoms with Crippen molar-refractivity contribution in [2.45, 2.75) is 70.4 Å². The highest BCUT2D eigenvalue weighted by molar-refractivity contribution is 4.94. The molecule has 0 aliphatic heterocycles. The monoisotopic (exact) mass is 207 g/mol. The van der Waals surface area contributed by atoms with E-state index in [0.29, 0.717) is 0 Å². The highest BCUT2D eigenvalue weighted by Gasteiger charge is 2.38. The van der Waals surface area contributed by atoms with Gasteiger partial charge in [-0.2, -0.15) is 0 Å². The minimum absolute atomic E-state index is 0.875. The van der Waals surface area contributed by atoms with Crippen LogP contribution < -0.4 is 5.32 Å². The summed E-state index contributed by atoms with van der Waals surface area (Å²) in [5, 5.41) is 3.86. The number of hydrogen-bond donors (Lipinski definition) is 1. The van der Waals surface area contributed by atoms with E-state index in [-0.39, 0.29) is 0 Å². The van der Waals surface area contributed by atoms with Gasteiger partial charge >= 0.3 is 0 Å². The summed E-state index contributed by atoms with van der Waals surface area (Å²) < 4.78 is 0. The molecule has 3 fully saturated rings. The average molecular weight is 207 g/mol. The minimum Gasteiger partial charge on any atom is -0.311 e. The molecular formula is C14H25N. The van der Waals surface area contributed by atoms with Crippen LogP contribution in [0.1, 0.15) is 58.3 Å². The summed E-state index contributed by atoms with van der Waals surface area (Å²) in [6.45, 7) is 2.40. The van der Waals surface area contributed by atoms with Gasteiger partial charge in [0, 0.05) is 12.1 Å². The van der Waals surface area contributed by atoms with Gasteiger partial charge < -0.3 is 5.32 Å². The molecular weight excluding hydrogens is 182 g/mol. The molecule has 0 bridgehead atoms. The second-order valence-electron chi connectivity index (χ2n) is 6.30. The van der Waals surface area contributed by atoms with Crippen LogP contribution in [0.3, 0.4) is 0 Å². The summed E-state index contributed by atoms with van der Waals surface area (Å²) in [7, 11) is 0. The molecule has 2 unspecified atom stereocenters. The molecule has 0 heterocycles. The van der Waals surface area contributed by atoms with E-state index in [2.05, 4.69) is 12.2 Å². The lowest BCUT2D eigenvalue weighted by Crippen LogP contribution is -2.53. The molecule has 0 saturated heterocycles. The Labute approximate surface area is 94.0 Å². The molecule has 1 nitrogen and oxygen atoms in total. The van der Waals surface area contributed by atoms with Gasteiger partial charge in [0.25, 0.3) is 0 Å². The smallest absolute Gasteiger partial charge is 0.00954 e. The van der Waals surface area contributed by atoms with Gasteiger partial charge in [-0.15, -0.1) is 0 Å². The van der Waals surface area contributed by atoms with Crippen molar-refractivity contribution in [1.82, 2.24) is 5.32 Å². The molecule has 0 aromatic rings. The topological polar surface area (TPSA) is 12.0 Å². The normalized spacial score (nSPS) is 46.2. The van der Waals surface area contributed by atoms with E-state index < -0.39 is 0 Å². The van der Waals surface area contributed by atoms with Gasteiger partial charge in [0.05, 0.1) is 0 Å². The molecule has 1 heteroatoms. The molecule has 0 spiro atoms. The third-order valence-corrected chi connectivity index (χ3v) is 5.31. The van der Waals surface area contributed by atoms with Gasteiger partial charge in [0.15, 0.2) is 0 Å². The van der Waals surface area contributed by atoms with Crippen molar-refractivity contribution < 1.29 is 0 Å². The third-order valence-electron chi connectivity index (χ3n) is 5.31. The summed E-state index contributed by atoms with van der Waals surface area (Å²) in [5.41, 5.74) is 0. The molecule has 86 valence electrons. The molecule has 3 aliphatic carbocycles. The maximum atomic E-state index is 3.86. The number of nitrogens with one attached hydrogen (secondary N) is 1. The lowest BCUT2D eigenvalue weighted by atomic mass is 9.70. The van der Waals surface area contributed by atoms with Gasteiger partial charge in [0.1, 0.15) is 0 Å². The van der Waals surface area contributed by atoms with Crippen LogP contribution in [0, 0.1) is 17.8 Å². The fourth-order valence-electron chi connectivity index (χ4n) is 3.83. The van der Waals surface area contributed by atoms with Crippen LogP contribution in [0.25, 0.3) is 0 Å². The Balaban J connectivity index is 1.38. The molecule has 3 aliphatic rings. The van der Waals surface area contributed by atoms with E-state index in [1.807, 2.05) is 0 Å². The van der Waals surface area contributed by atoms with Gasteiger partial charge in [-0.25, -0.2) is 0 Å². The Morgan fingerprint density at radius 2 is 1.60 bits per heavy atom. The zero-order chi connectivity index (χ0) is 10.3. The van der Waals surface area contributed by atoms with Crippen LogP contribution in [0.2, 0.25) is 0 Å². The van der Waals surface area contributed by atoms with Crippen LogP contribution >= 0.6 is 0 Å². The van der Waals surface area contributed by atoms with Crippen molar-refractivity contribution in [3.8, 4) is 0 Å². The molecule has 2 atom stereocenters. The first-order valence-corrected chi connectivity index (χ1v) is 7.09. The van der Waals surface area contributed by atoms with Gasteiger partial charge in [-0.05, 0) is 43.4 Å². The summed E-state index contributed by atoms with van der Waals surface area (Å²) >= 11 is 0. The molecule has 0 radical (unpaired) electrons.